The van der Waals surface area contributed by atoms with E-state index in [9.17, 15) is 9.00 Å². The van der Waals surface area contributed by atoms with E-state index in [4.69, 9.17) is 10.5 Å². The minimum atomic E-state index is -1.48. The van der Waals surface area contributed by atoms with Crippen LogP contribution in [0, 0.1) is 0 Å². The van der Waals surface area contributed by atoms with Gasteiger partial charge in [-0.3, -0.25) is 9.52 Å². The average molecular weight is 352 g/mol. The van der Waals surface area contributed by atoms with Crippen LogP contribution in [0.4, 0.5) is 5.69 Å². The molecule has 7 nitrogen and oxygen atoms in total. The molecular formula is C16H24N4O3S. The summed E-state index contributed by atoms with van der Waals surface area (Å²) in [6.07, 6.45) is 4.13. The van der Waals surface area contributed by atoms with Crippen LogP contribution in [0.5, 0.6) is 5.75 Å². The van der Waals surface area contributed by atoms with Gasteiger partial charge in [0, 0.05) is 19.5 Å². The number of ether oxygens (including phenoxy) is 1. The van der Waals surface area contributed by atoms with Crippen LogP contribution in [0.2, 0.25) is 0 Å². The first-order valence-electron chi connectivity index (χ1n) is 8.04. The van der Waals surface area contributed by atoms with Crippen molar-refractivity contribution in [2.45, 2.75) is 32.6 Å². The molecule has 1 saturated heterocycles. The quantitative estimate of drug-likeness (QED) is 0.867. The van der Waals surface area contributed by atoms with Crippen molar-refractivity contribution in [3.63, 3.8) is 0 Å². The molecule has 0 spiro atoms. The molecule has 1 fully saturated rings. The molecule has 1 unspecified atom stereocenters. The van der Waals surface area contributed by atoms with Gasteiger partial charge in [0.05, 0.1) is 18.4 Å². The second kappa shape index (κ2) is 8.68. The van der Waals surface area contributed by atoms with E-state index in [1.54, 1.807) is 25.3 Å². The van der Waals surface area contributed by atoms with Gasteiger partial charge in [0.2, 0.25) is 17.1 Å². The first-order valence-corrected chi connectivity index (χ1v) is 9.15. The number of likely N-dealkylation sites (tertiary alicyclic amines) is 1. The zero-order chi connectivity index (χ0) is 17.5. The third-order valence-corrected chi connectivity index (χ3v) is 4.56. The van der Waals surface area contributed by atoms with Crippen LogP contribution in [0.15, 0.2) is 22.6 Å². The molecule has 0 aliphatic carbocycles. The van der Waals surface area contributed by atoms with Gasteiger partial charge in [0.15, 0.2) is 0 Å². The van der Waals surface area contributed by atoms with Crippen molar-refractivity contribution in [2.24, 2.45) is 10.1 Å². The Morgan fingerprint density at radius 2 is 2.12 bits per heavy atom. The fourth-order valence-corrected chi connectivity index (χ4v) is 3.31. The number of nitrogens with zero attached hydrogens (tertiary/aromatic N) is 2. The Labute approximate surface area is 145 Å². The van der Waals surface area contributed by atoms with Gasteiger partial charge in [-0.1, -0.05) is 13.0 Å². The summed E-state index contributed by atoms with van der Waals surface area (Å²) in [5, 5.41) is 0. The number of carbonyl (C=O) groups is 1. The average Bonchev–Trinajstić information content (AvgIpc) is 3.09. The highest BCUT2D eigenvalue weighted by Crippen LogP contribution is 2.28. The monoisotopic (exact) mass is 352 g/mol. The SMILES string of the molecule is CCCC(=O)N1CCCC1.COc1cccc2c1C(N)=NS(=O)N2. The van der Waals surface area contributed by atoms with Gasteiger partial charge in [-0.05, 0) is 31.4 Å². The zero-order valence-corrected chi connectivity index (χ0v) is 14.9. The summed E-state index contributed by atoms with van der Waals surface area (Å²) in [6, 6.07) is 5.34. The number of anilines is 1. The molecule has 1 amide bonds. The number of rotatable bonds is 3. The van der Waals surface area contributed by atoms with Gasteiger partial charge in [-0.2, -0.15) is 4.40 Å². The van der Waals surface area contributed by atoms with Crippen molar-refractivity contribution >= 4 is 28.6 Å². The van der Waals surface area contributed by atoms with Crippen molar-refractivity contribution in [2.75, 3.05) is 24.9 Å². The molecule has 2 aliphatic rings. The Morgan fingerprint density at radius 3 is 2.75 bits per heavy atom. The largest absolute Gasteiger partial charge is 0.496 e. The van der Waals surface area contributed by atoms with Crippen molar-refractivity contribution < 1.29 is 13.7 Å². The number of hydrogen-bond acceptors (Lipinski definition) is 4. The molecule has 0 aromatic heterocycles. The fraction of sp³-hybridized carbons (Fsp3) is 0.500. The van der Waals surface area contributed by atoms with Crippen LogP contribution in [-0.2, 0) is 16.0 Å². The summed E-state index contributed by atoms with van der Waals surface area (Å²) >= 11 is -1.48. The normalized spacial score (nSPS) is 18.7. The topological polar surface area (TPSA) is 97.0 Å². The molecule has 0 saturated carbocycles. The number of carbonyl (C=O) groups excluding carboxylic acids is 1. The molecular weight excluding hydrogens is 328 g/mol. The number of nitrogens with two attached hydrogens (primary N) is 1. The number of amidine groups is 1. The molecule has 8 heteroatoms. The van der Waals surface area contributed by atoms with Crippen LogP contribution in [0.3, 0.4) is 0 Å². The first-order chi connectivity index (χ1) is 11.6. The lowest BCUT2D eigenvalue weighted by Crippen LogP contribution is -2.26. The van der Waals surface area contributed by atoms with Crippen LogP contribution in [-0.4, -0.2) is 41.1 Å². The van der Waals surface area contributed by atoms with Crippen LogP contribution in [0.1, 0.15) is 38.2 Å². The zero-order valence-electron chi connectivity index (χ0n) is 14.1. The summed E-state index contributed by atoms with van der Waals surface area (Å²) in [6.45, 7) is 4.05. The number of amides is 1. The predicted octanol–water partition coefficient (Wildman–Crippen LogP) is 1.81. The van der Waals surface area contributed by atoms with Crippen LogP contribution < -0.4 is 15.2 Å². The molecule has 0 radical (unpaired) electrons. The Kier molecular flexibility index (Phi) is 6.60. The maximum absolute atomic E-state index is 11.2. The van der Waals surface area contributed by atoms with E-state index < -0.39 is 11.2 Å². The summed E-state index contributed by atoms with van der Waals surface area (Å²) in [5.74, 6) is 1.20. The van der Waals surface area contributed by atoms with Gasteiger partial charge in [0.1, 0.15) is 11.6 Å². The lowest BCUT2D eigenvalue weighted by Gasteiger charge is -2.16. The molecule has 3 N–H and O–H groups in total. The van der Waals surface area contributed by atoms with Crippen molar-refractivity contribution in [3.05, 3.63) is 23.8 Å². The number of hydrogen-bond donors (Lipinski definition) is 2. The Balaban J connectivity index is 0.000000185. The van der Waals surface area contributed by atoms with E-state index in [-0.39, 0.29) is 5.84 Å². The van der Waals surface area contributed by atoms with Gasteiger partial charge in [-0.25, -0.2) is 4.21 Å². The highest BCUT2D eigenvalue weighted by Gasteiger charge is 2.19. The maximum atomic E-state index is 11.2. The van der Waals surface area contributed by atoms with Gasteiger partial charge in [0.25, 0.3) is 0 Å². The molecule has 2 aliphatic heterocycles. The highest BCUT2D eigenvalue weighted by atomic mass is 32.2. The van der Waals surface area contributed by atoms with Crippen molar-refractivity contribution in [1.29, 1.82) is 0 Å². The molecule has 132 valence electrons. The minimum absolute atomic E-state index is 0.231. The molecule has 1 aromatic carbocycles. The maximum Gasteiger partial charge on any atom is 0.245 e. The number of nitrogens with one attached hydrogen (secondary N) is 1. The Morgan fingerprint density at radius 1 is 1.42 bits per heavy atom. The van der Waals surface area contributed by atoms with E-state index in [0.717, 1.165) is 25.9 Å². The molecule has 1 atom stereocenters. The fourth-order valence-electron chi connectivity index (χ4n) is 2.64. The number of benzene rings is 1. The smallest absolute Gasteiger partial charge is 0.245 e. The number of methoxy groups -OCH3 is 1. The van der Waals surface area contributed by atoms with Gasteiger partial charge < -0.3 is 15.4 Å². The van der Waals surface area contributed by atoms with Gasteiger partial charge >= 0.3 is 0 Å². The Bertz CT molecular complexity index is 642. The van der Waals surface area contributed by atoms with E-state index in [1.807, 2.05) is 11.8 Å². The van der Waals surface area contributed by atoms with E-state index in [2.05, 4.69) is 9.12 Å². The summed E-state index contributed by atoms with van der Waals surface area (Å²) in [7, 11) is 1.55. The second-order valence-electron chi connectivity index (χ2n) is 5.55. The van der Waals surface area contributed by atoms with Crippen molar-refractivity contribution in [3.8, 4) is 5.75 Å². The standard InChI is InChI=1S/C8H9N3O2S.C8H15NO/c1-13-6-4-2-3-5-7(6)8(9)11-14(12)10-5;1-2-5-8(10)9-6-3-4-7-9/h2-4,10H,1H3,(H2,9,11);2-7H2,1H3. The van der Waals surface area contributed by atoms with E-state index >= 15 is 0 Å². The number of fused-ring (bicyclic) bond motifs is 1. The third kappa shape index (κ3) is 4.47. The first kappa shape index (κ1) is 18.3. The molecule has 3 rings (SSSR count). The van der Waals surface area contributed by atoms with E-state index in [1.165, 1.54) is 12.8 Å². The summed E-state index contributed by atoms with van der Waals surface area (Å²) in [5.41, 5.74) is 6.99. The lowest BCUT2D eigenvalue weighted by atomic mass is 10.1. The summed E-state index contributed by atoms with van der Waals surface area (Å²) < 4.78 is 22.6. The van der Waals surface area contributed by atoms with Crippen LogP contribution >= 0.6 is 0 Å². The van der Waals surface area contributed by atoms with Crippen molar-refractivity contribution in [1.82, 2.24) is 4.90 Å². The Hall–Kier alpha value is -2.09. The molecule has 0 bridgehead atoms. The molecule has 1 aromatic rings. The predicted molar refractivity (Wildman–Crippen MR) is 96.2 cm³/mol. The van der Waals surface area contributed by atoms with Gasteiger partial charge in [-0.15, -0.1) is 0 Å². The highest BCUT2D eigenvalue weighted by molar-refractivity contribution is 7.85. The second-order valence-corrected chi connectivity index (χ2v) is 6.43. The minimum Gasteiger partial charge on any atom is -0.496 e. The summed E-state index contributed by atoms with van der Waals surface area (Å²) in [4.78, 5) is 13.1. The third-order valence-electron chi connectivity index (χ3n) is 3.80. The van der Waals surface area contributed by atoms with Crippen LogP contribution in [0.25, 0.3) is 0 Å². The molecule has 2 heterocycles. The lowest BCUT2D eigenvalue weighted by molar-refractivity contribution is -0.130. The molecule has 24 heavy (non-hydrogen) atoms. The van der Waals surface area contributed by atoms with E-state index in [0.29, 0.717) is 22.9 Å².